The Balaban J connectivity index is 1.98. The molecule has 110 valence electrons. The molecular weight excluding hydrogens is 250 g/mol. The van der Waals surface area contributed by atoms with Gasteiger partial charge in [0.05, 0.1) is 0 Å². The third-order valence-electron chi connectivity index (χ3n) is 3.72. The summed E-state index contributed by atoms with van der Waals surface area (Å²) in [6, 6.07) is 6.49. The van der Waals surface area contributed by atoms with Crippen LogP contribution in [0.25, 0.3) is 0 Å². The van der Waals surface area contributed by atoms with Crippen molar-refractivity contribution in [1.82, 2.24) is 5.32 Å². The summed E-state index contributed by atoms with van der Waals surface area (Å²) in [4.78, 5) is 0. The molecule has 20 heavy (non-hydrogen) atoms. The van der Waals surface area contributed by atoms with E-state index >= 15 is 0 Å². The van der Waals surface area contributed by atoms with E-state index in [0.717, 1.165) is 24.3 Å². The summed E-state index contributed by atoms with van der Waals surface area (Å²) in [5, 5.41) is 3.40. The van der Waals surface area contributed by atoms with Crippen LogP contribution in [0.15, 0.2) is 30.9 Å². The molecule has 3 heteroatoms. The van der Waals surface area contributed by atoms with Crippen molar-refractivity contribution in [3.05, 3.63) is 36.4 Å². The van der Waals surface area contributed by atoms with Crippen molar-refractivity contribution in [3.8, 4) is 11.5 Å². The first-order chi connectivity index (χ1) is 9.86. The highest BCUT2D eigenvalue weighted by Gasteiger charge is 2.20. The first kappa shape index (κ1) is 14.9. The number of allylic oxidation sites excluding steroid dienone is 1. The molecule has 0 aliphatic carbocycles. The fourth-order valence-electron chi connectivity index (χ4n) is 2.64. The fraction of sp³-hybridized carbons (Fsp3) is 0.529. The Hall–Kier alpha value is -1.48. The number of hydrogen-bond donors (Lipinski definition) is 1. The van der Waals surface area contributed by atoms with Crippen LogP contribution in [-0.4, -0.2) is 20.3 Å². The molecule has 0 amide bonds. The summed E-state index contributed by atoms with van der Waals surface area (Å²) in [7, 11) is 2.01. The van der Waals surface area contributed by atoms with Crippen LogP contribution in [0.1, 0.15) is 43.7 Å². The van der Waals surface area contributed by atoms with E-state index in [-0.39, 0.29) is 0 Å². The molecule has 3 nitrogen and oxygen atoms in total. The number of para-hydroxylation sites is 1. The molecule has 0 spiro atoms. The Morgan fingerprint density at radius 2 is 2.10 bits per heavy atom. The van der Waals surface area contributed by atoms with E-state index in [0.29, 0.717) is 19.3 Å². The van der Waals surface area contributed by atoms with E-state index < -0.39 is 0 Å². The molecular formula is C17H25NO2. The molecule has 1 aromatic rings. The highest BCUT2D eigenvalue weighted by atomic mass is 16.6. The third kappa shape index (κ3) is 3.76. The normalized spacial score (nSPS) is 14.8. The summed E-state index contributed by atoms with van der Waals surface area (Å²) in [5.41, 5.74) is 1.22. The average molecular weight is 275 g/mol. The molecule has 2 rings (SSSR count). The average Bonchev–Trinajstić information content (AvgIpc) is 2.51. The van der Waals surface area contributed by atoms with Crippen LogP contribution in [0.4, 0.5) is 0 Å². The van der Waals surface area contributed by atoms with Gasteiger partial charge >= 0.3 is 0 Å². The zero-order valence-electron chi connectivity index (χ0n) is 12.4. The predicted octanol–water partition coefficient (Wildman–Crippen LogP) is 3.85. The number of rotatable bonds is 8. The lowest BCUT2D eigenvalue weighted by molar-refractivity contribution is 0.168. The molecule has 1 aromatic carbocycles. The SMILES string of the molecule is C=CCCCCCC(NC)c1cccc2c1OCCO2. The Labute approximate surface area is 122 Å². The van der Waals surface area contributed by atoms with Crippen LogP contribution < -0.4 is 14.8 Å². The molecule has 0 bridgehead atoms. The van der Waals surface area contributed by atoms with Gasteiger partial charge in [0.15, 0.2) is 11.5 Å². The van der Waals surface area contributed by atoms with Gasteiger partial charge in [-0.25, -0.2) is 0 Å². The molecule has 1 aliphatic rings. The summed E-state index contributed by atoms with van der Waals surface area (Å²) in [6.45, 7) is 5.04. The standard InChI is InChI=1S/C17H25NO2/c1-3-4-5-6-7-10-15(18-2)14-9-8-11-16-17(14)20-13-12-19-16/h3,8-9,11,15,18H,1,4-7,10,12-13H2,2H3. The van der Waals surface area contributed by atoms with Crippen molar-refractivity contribution < 1.29 is 9.47 Å². The van der Waals surface area contributed by atoms with Crippen molar-refractivity contribution in [2.45, 2.75) is 38.1 Å². The maximum Gasteiger partial charge on any atom is 0.166 e. The Morgan fingerprint density at radius 1 is 1.25 bits per heavy atom. The van der Waals surface area contributed by atoms with Crippen molar-refractivity contribution in [3.63, 3.8) is 0 Å². The minimum Gasteiger partial charge on any atom is -0.486 e. The van der Waals surface area contributed by atoms with Gasteiger partial charge in [0, 0.05) is 11.6 Å². The van der Waals surface area contributed by atoms with Gasteiger partial charge < -0.3 is 14.8 Å². The van der Waals surface area contributed by atoms with Crippen LogP contribution in [0.5, 0.6) is 11.5 Å². The van der Waals surface area contributed by atoms with Crippen LogP contribution in [0.3, 0.4) is 0 Å². The lowest BCUT2D eigenvalue weighted by Gasteiger charge is -2.25. The third-order valence-corrected chi connectivity index (χ3v) is 3.72. The van der Waals surface area contributed by atoms with Crippen molar-refractivity contribution in [2.24, 2.45) is 0 Å². The monoisotopic (exact) mass is 275 g/mol. The first-order valence-corrected chi connectivity index (χ1v) is 7.53. The lowest BCUT2D eigenvalue weighted by atomic mass is 9.98. The van der Waals surface area contributed by atoms with E-state index in [1.54, 1.807) is 0 Å². The van der Waals surface area contributed by atoms with Gasteiger partial charge in [-0.2, -0.15) is 0 Å². The van der Waals surface area contributed by atoms with Crippen molar-refractivity contribution in [2.75, 3.05) is 20.3 Å². The van der Waals surface area contributed by atoms with Crippen LogP contribution in [0, 0.1) is 0 Å². The van der Waals surface area contributed by atoms with Gasteiger partial charge in [-0.15, -0.1) is 6.58 Å². The maximum absolute atomic E-state index is 5.80. The van der Waals surface area contributed by atoms with Crippen LogP contribution >= 0.6 is 0 Å². The largest absolute Gasteiger partial charge is 0.486 e. The molecule has 1 aliphatic heterocycles. The number of benzene rings is 1. The zero-order valence-corrected chi connectivity index (χ0v) is 12.4. The quantitative estimate of drug-likeness (QED) is 0.577. The molecule has 0 aromatic heterocycles. The van der Waals surface area contributed by atoms with Gasteiger partial charge in [0.1, 0.15) is 13.2 Å². The topological polar surface area (TPSA) is 30.5 Å². The summed E-state index contributed by atoms with van der Waals surface area (Å²) in [6.07, 6.45) is 7.91. The number of unbranched alkanes of at least 4 members (excludes halogenated alkanes) is 3. The maximum atomic E-state index is 5.80. The molecule has 1 atom stereocenters. The Kier molecular flexibility index (Phi) is 5.93. The zero-order chi connectivity index (χ0) is 14.2. The second-order valence-electron chi connectivity index (χ2n) is 5.14. The highest BCUT2D eigenvalue weighted by molar-refractivity contribution is 5.48. The molecule has 0 saturated heterocycles. The van der Waals surface area contributed by atoms with Crippen molar-refractivity contribution in [1.29, 1.82) is 0 Å². The molecule has 1 N–H and O–H groups in total. The van der Waals surface area contributed by atoms with Crippen LogP contribution in [-0.2, 0) is 0 Å². The molecule has 0 saturated carbocycles. The van der Waals surface area contributed by atoms with E-state index in [9.17, 15) is 0 Å². The van der Waals surface area contributed by atoms with Crippen molar-refractivity contribution >= 4 is 0 Å². The minimum atomic E-state index is 0.329. The second-order valence-corrected chi connectivity index (χ2v) is 5.14. The predicted molar refractivity (Wildman–Crippen MR) is 82.5 cm³/mol. The summed E-state index contributed by atoms with van der Waals surface area (Å²) < 4.78 is 11.5. The number of hydrogen-bond acceptors (Lipinski definition) is 3. The van der Waals surface area contributed by atoms with Gasteiger partial charge in [-0.1, -0.05) is 31.1 Å². The Morgan fingerprint density at radius 3 is 2.90 bits per heavy atom. The summed E-state index contributed by atoms with van der Waals surface area (Å²) in [5.74, 6) is 1.80. The van der Waals surface area contributed by atoms with E-state index in [1.165, 1.54) is 24.8 Å². The van der Waals surface area contributed by atoms with E-state index in [4.69, 9.17) is 9.47 Å². The number of nitrogens with one attached hydrogen (secondary N) is 1. The van der Waals surface area contributed by atoms with E-state index in [2.05, 4.69) is 18.0 Å². The van der Waals surface area contributed by atoms with E-state index in [1.807, 2.05) is 25.3 Å². The second kappa shape index (κ2) is 7.95. The smallest absolute Gasteiger partial charge is 0.166 e. The summed E-state index contributed by atoms with van der Waals surface area (Å²) >= 11 is 0. The fourth-order valence-corrected chi connectivity index (χ4v) is 2.64. The molecule has 1 heterocycles. The van der Waals surface area contributed by atoms with Gasteiger partial charge in [-0.3, -0.25) is 0 Å². The molecule has 0 radical (unpaired) electrons. The number of ether oxygens (including phenoxy) is 2. The first-order valence-electron chi connectivity index (χ1n) is 7.53. The van der Waals surface area contributed by atoms with Gasteiger partial charge in [0.2, 0.25) is 0 Å². The van der Waals surface area contributed by atoms with Crippen LogP contribution in [0.2, 0.25) is 0 Å². The molecule has 0 fully saturated rings. The Bertz CT molecular complexity index is 431. The molecule has 1 unspecified atom stereocenters. The van der Waals surface area contributed by atoms with Gasteiger partial charge in [0.25, 0.3) is 0 Å². The highest BCUT2D eigenvalue weighted by Crippen LogP contribution is 2.38. The number of fused-ring (bicyclic) bond motifs is 1. The van der Waals surface area contributed by atoms with Gasteiger partial charge in [-0.05, 0) is 32.4 Å². The minimum absolute atomic E-state index is 0.329. The lowest BCUT2D eigenvalue weighted by Crippen LogP contribution is -2.21.